The molecule has 0 bridgehead atoms. The lowest BCUT2D eigenvalue weighted by Crippen LogP contribution is -2.19. The lowest BCUT2D eigenvalue weighted by atomic mass is 10.0. The summed E-state index contributed by atoms with van der Waals surface area (Å²) in [5.74, 6) is 0. The van der Waals surface area contributed by atoms with Crippen molar-refractivity contribution in [3.63, 3.8) is 0 Å². The number of nitrogens with two attached hydrogens (primary N) is 1. The summed E-state index contributed by atoms with van der Waals surface area (Å²) in [5, 5.41) is 0. The molecule has 0 unspecified atom stereocenters. The van der Waals surface area contributed by atoms with E-state index >= 15 is 0 Å². The largest absolute Gasteiger partial charge is 0.327 e. The second-order valence-electron chi connectivity index (χ2n) is 2.86. The van der Waals surface area contributed by atoms with Crippen molar-refractivity contribution >= 4 is 0 Å². The summed E-state index contributed by atoms with van der Waals surface area (Å²) in [6.45, 7) is 8.20. The van der Waals surface area contributed by atoms with Gasteiger partial charge >= 0.3 is 0 Å². The molecule has 1 nitrogen and oxygen atoms in total. The molecule has 0 aliphatic carbocycles. The summed E-state index contributed by atoms with van der Waals surface area (Å²) in [6.07, 6.45) is 4.37. The van der Waals surface area contributed by atoms with Crippen molar-refractivity contribution in [2.45, 2.75) is 45.6 Å². The van der Waals surface area contributed by atoms with E-state index < -0.39 is 0 Å². The van der Waals surface area contributed by atoms with Crippen LogP contribution in [0.4, 0.5) is 0 Å². The van der Waals surface area contributed by atoms with E-state index in [1.165, 1.54) is 12.0 Å². The average molecular weight is 141 g/mol. The fourth-order valence-electron chi connectivity index (χ4n) is 0.988. The molecule has 0 saturated carbocycles. The molecule has 0 aliphatic rings. The quantitative estimate of drug-likeness (QED) is 0.585. The van der Waals surface area contributed by atoms with Crippen molar-refractivity contribution in [2.75, 3.05) is 0 Å². The van der Waals surface area contributed by atoms with Gasteiger partial charge in [0.15, 0.2) is 0 Å². The first-order chi connectivity index (χ1) is 4.70. The van der Waals surface area contributed by atoms with Crippen molar-refractivity contribution in [1.82, 2.24) is 0 Å². The zero-order valence-corrected chi connectivity index (χ0v) is 7.19. The Morgan fingerprint density at radius 2 is 2.10 bits per heavy atom. The van der Waals surface area contributed by atoms with Crippen molar-refractivity contribution in [2.24, 2.45) is 5.73 Å². The minimum absolute atomic E-state index is 0.345. The average Bonchev–Trinajstić information content (AvgIpc) is 1.88. The Kier molecular flexibility index (Phi) is 5.32. The molecule has 60 valence electrons. The zero-order chi connectivity index (χ0) is 7.98. The number of hydrogen-bond acceptors (Lipinski definition) is 1. The maximum atomic E-state index is 5.80. The van der Waals surface area contributed by atoms with Gasteiger partial charge in [-0.3, -0.25) is 0 Å². The molecule has 0 fully saturated rings. The van der Waals surface area contributed by atoms with Gasteiger partial charge in [-0.2, -0.15) is 0 Å². The second-order valence-corrected chi connectivity index (χ2v) is 2.86. The third-order valence-electron chi connectivity index (χ3n) is 1.71. The topological polar surface area (TPSA) is 26.0 Å². The molecular weight excluding hydrogens is 122 g/mol. The Morgan fingerprint density at radius 3 is 2.50 bits per heavy atom. The lowest BCUT2D eigenvalue weighted by molar-refractivity contribution is 0.592. The van der Waals surface area contributed by atoms with Crippen molar-refractivity contribution in [1.29, 1.82) is 0 Å². The highest BCUT2D eigenvalue weighted by Gasteiger charge is 2.00. The third-order valence-corrected chi connectivity index (χ3v) is 1.71. The van der Waals surface area contributed by atoms with E-state index in [9.17, 15) is 0 Å². The highest BCUT2D eigenvalue weighted by atomic mass is 14.6. The van der Waals surface area contributed by atoms with E-state index in [-0.39, 0.29) is 0 Å². The smallest absolute Gasteiger partial charge is 0.00758 e. The van der Waals surface area contributed by atoms with Gasteiger partial charge in [-0.15, -0.1) is 0 Å². The van der Waals surface area contributed by atoms with Gasteiger partial charge in [-0.25, -0.2) is 0 Å². The van der Waals surface area contributed by atoms with E-state index in [1.807, 2.05) is 0 Å². The van der Waals surface area contributed by atoms with Crippen LogP contribution in [0.3, 0.4) is 0 Å². The van der Waals surface area contributed by atoms with E-state index in [0.29, 0.717) is 6.04 Å². The molecule has 0 amide bonds. The van der Waals surface area contributed by atoms with Gasteiger partial charge in [-0.05, 0) is 19.3 Å². The lowest BCUT2D eigenvalue weighted by Gasteiger charge is -2.10. The Morgan fingerprint density at radius 1 is 1.50 bits per heavy atom. The molecule has 0 radical (unpaired) electrons. The van der Waals surface area contributed by atoms with Crippen LogP contribution in [0.1, 0.15) is 39.5 Å². The first kappa shape index (κ1) is 9.70. The van der Waals surface area contributed by atoms with Gasteiger partial charge in [-0.1, -0.05) is 32.4 Å². The molecule has 0 heterocycles. The molecule has 2 N–H and O–H groups in total. The van der Waals surface area contributed by atoms with Gasteiger partial charge in [0.1, 0.15) is 0 Å². The molecule has 0 aromatic carbocycles. The molecule has 0 spiro atoms. The van der Waals surface area contributed by atoms with E-state index in [0.717, 1.165) is 19.3 Å². The second kappa shape index (κ2) is 5.48. The van der Waals surface area contributed by atoms with Crippen LogP contribution in [-0.4, -0.2) is 6.04 Å². The van der Waals surface area contributed by atoms with Crippen LogP contribution in [0, 0.1) is 0 Å². The highest BCUT2D eigenvalue weighted by molar-refractivity contribution is 4.95. The standard InChI is InChI=1S/C9H19N/c1-4-6-9(10)7-8(3)5-2/h9H,3-7,10H2,1-2H3/t9-/m0/s1. The number of rotatable bonds is 5. The fourth-order valence-corrected chi connectivity index (χ4v) is 0.988. The van der Waals surface area contributed by atoms with E-state index in [1.54, 1.807) is 0 Å². The van der Waals surface area contributed by atoms with Crippen LogP contribution >= 0.6 is 0 Å². The maximum Gasteiger partial charge on any atom is 0.00758 e. The Balaban J connectivity index is 3.37. The fraction of sp³-hybridized carbons (Fsp3) is 0.778. The third kappa shape index (κ3) is 4.57. The number of hydrogen-bond donors (Lipinski definition) is 1. The van der Waals surface area contributed by atoms with Crippen LogP contribution in [0.15, 0.2) is 12.2 Å². The predicted molar refractivity (Wildman–Crippen MR) is 46.9 cm³/mol. The predicted octanol–water partition coefficient (Wildman–Crippen LogP) is 2.47. The summed E-state index contributed by atoms with van der Waals surface area (Å²) < 4.78 is 0. The van der Waals surface area contributed by atoms with Crippen LogP contribution in [0.2, 0.25) is 0 Å². The molecule has 1 heteroatoms. The SMILES string of the molecule is C=C(CC)C[C@@H](N)CCC. The monoisotopic (exact) mass is 141 g/mol. The van der Waals surface area contributed by atoms with Crippen molar-refractivity contribution in [3.8, 4) is 0 Å². The van der Waals surface area contributed by atoms with Crippen molar-refractivity contribution in [3.05, 3.63) is 12.2 Å². The molecule has 0 aromatic rings. The Bertz CT molecular complexity index is 96.9. The van der Waals surface area contributed by atoms with Crippen LogP contribution < -0.4 is 5.73 Å². The van der Waals surface area contributed by atoms with E-state index in [2.05, 4.69) is 20.4 Å². The summed E-state index contributed by atoms with van der Waals surface area (Å²) in [4.78, 5) is 0. The first-order valence-corrected chi connectivity index (χ1v) is 4.12. The van der Waals surface area contributed by atoms with Crippen LogP contribution in [0.5, 0.6) is 0 Å². The van der Waals surface area contributed by atoms with Gasteiger partial charge in [0.05, 0.1) is 0 Å². The van der Waals surface area contributed by atoms with Gasteiger partial charge in [0, 0.05) is 6.04 Å². The normalized spacial score (nSPS) is 13.1. The Hall–Kier alpha value is -0.300. The summed E-state index contributed by atoms with van der Waals surface area (Å²) in [5.41, 5.74) is 7.08. The van der Waals surface area contributed by atoms with Crippen molar-refractivity contribution < 1.29 is 0 Å². The molecular formula is C9H19N. The minimum Gasteiger partial charge on any atom is -0.327 e. The molecule has 1 atom stereocenters. The molecule has 0 aromatic heterocycles. The van der Waals surface area contributed by atoms with Crippen LogP contribution in [-0.2, 0) is 0 Å². The molecule has 10 heavy (non-hydrogen) atoms. The maximum absolute atomic E-state index is 5.80. The molecule has 0 rings (SSSR count). The van der Waals surface area contributed by atoms with E-state index in [4.69, 9.17) is 5.73 Å². The summed E-state index contributed by atoms with van der Waals surface area (Å²) in [7, 11) is 0. The molecule has 0 saturated heterocycles. The summed E-state index contributed by atoms with van der Waals surface area (Å²) >= 11 is 0. The molecule has 0 aliphatic heterocycles. The van der Waals surface area contributed by atoms with Gasteiger partial charge in [0.25, 0.3) is 0 Å². The highest BCUT2D eigenvalue weighted by Crippen LogP contribution is 2.08. The minimum atomic E-state index is 0.345. The Labute approximate surface area is 64.3 Å². The van der Waals surface area contributed by atoms with Crippen LogP contribution in [0.25, 0.3) is 0 Å². The van der Waals surface area contributed by atoms with Gasteiger partial charge in [0.2, 0.25) is 0 Å². The zero-order valence-electron chi connectivity index (χ0n) is 7.19. The summed E-state index contributed by atoms with van der Waals surface area (Å²) in [6, 6.07) is 0.345. The first-order valence-electron chi connectivity index (χ1n) is 4.12. The van der Waals surface area contributed by atoms with Gasteiger partial charge < -0.3 is 5.73 Å².